The van der Waals surface area contributed by atoms with E-state index >= 15 is 0 Å². The molecule has 2 amide bonds. The predicted octanol–water partition coefficient (Wildman–Crippen LogP) is 4.23. The number of hydrogen-bond acceptors (Lipinski definition) is 5. The van der Waals surface area contributed by atoms with Crippen molar-refractivity contribution in [3.63, 3.8) is 0 Å². The molecular weight excluding hydrogens is 395 g/mol. The van der Waals surface area contributed by atoms with Gasteiger partial charge in [0.15, 0.2) is 5.17 Å². The summed E-state index contributed by atoms with van der Waals surface area (Å²) >= 11 is 13.2. The lowest BCUT2D eigenvalue weighted by Gasteiger charge is -2.10. The number of carbonyl (C=O) groups excluding carboxylic acids is 2. The fourth-order valence-corrected chi connectivity index (χ4v) is 3.98. The Kier molecular flexibility index (Phi) is 6.56. The van der Waals surface area contributed by atoms with Gasteiger partial charge in [0.1, 0.15) is 5.25 Å². The van der Waals surface area contributed by atoms with Crippen molar-refractivity contribution in [2.45, 2.75) is 43.8 Å². The SMILES string of the molecule is O=C(C[C@@H]1S/C(=N/N=C2CCCCC2)NC1=O)Nc1cc(Cl)ccc1Cl. The third-order valence-electron chi connectivity index (χ3n) is 4.06. The van der Waals surface area contributed by atoms with Crippen LogP contribution in [-0.4, -0.2) is 27.9 Å². The fraction of sp³-hybridized carbons (Fsp3) is 0.412. The summed E-state index contributed by atoms with van der Waals surface area (Å²) < 4.78 is 0. The molecular formula is C17H18Cl2N4O2S. The molecule has 1 aliphatic heterocycles. The number of nitrogens with one attached hydrogen (secondary N) is 2. The molecule has 2 N–H and O–H groups in total. The van der Waals surface area contributed by atoms with Gasteiger partial charge in [0.05, 0.1) is 10.7 Å². The van der Waals surface area contributed by atoms with Crippen LogP contribution in [0.3, 0.4) is 0 Å². The molecule has 0 radical (unpaired) electrons. The molecule has 1 saturated carbocycles. The summed E-state index contributed by atoms with van der Waals surface area (Å²) in [5.74, 6) is -0.563. The molecule has 0 aromatic heterocycles. The Morgan fingerprint density at radius 2 is 2.00 bits per heavy atom. The smallest absolute Gasteiger partial charge is 0.240 e. The zero-order valence-electron chi connectivity index (χ0n) is 13.9. The van der Waals surface area contributed by atoms with Crippen LogP contribution < -0.4 is 10.6 Å². The summed E-state index contributed by atoms with van der Waals surface area (Å²) in [6.45, 7) is 0. The van der Waals surface area contributed by atoms with Gasteiger partial charge >= 0.3 is 0 Å². The first-order valence-corrected chi connectivity index (χ1v) is 10.0. The second-order valence-corrected chi connectivity index (χ2v) is 8.14. The molecule has 1 heterocycles. The van der Waals surface area contributed by atoms with Crippen LogP contribution in [0.4, 0.5) is 5.69 Å². The zero-order chi connectivity index (χ0) is 18.5. The minimum Gasteiger partial charge on any atom is -0.325 e. The number of amides is 2. The Hall–Kier alpha value is -1.57. The average molecular weight is 413 g/mol. The molecule has 3 rings (SSSR count). The number of nitrogens with zero attached hydrogens (tertiary/aromatic N) is 2. The molecule has 0 spiro atoms. The van der Waals surface area contributed by atoms with E-state index < -0.39 is 5.25 Å². The number of rotatable bonds is 4. The molecule has 1 aliphatic carbocycles. The van der Waals surface area contributed by atoms with E-state index in [0.717, 1.165) is 31.4 Å². The van der Waals surface area contributed by atoms with Crippen molar-refractivity contribution in [2.24, 2.45) is 10.2 Å². The van der Waals surface area contributed by atoms with Crippen molar-refractivity contribution in [1.29, 1.82) is 0 Å². The monoisotopic (exact) mass is 412 g/mol. The van der Waals surface area contributed by atoms with Gasteiger partial charge in [0.25, 0.3) is 0 Å². The summed E-state index contributed by atoms with van der Waals surface area (Å²) in [4.78, 5) is 24.3. The molecule has 1 aromatic carbocycles. The molecule has 9 heteroatoms. The Bertz CT molecular complexity index is 774. The van der Waals surface area contributed by atoms with E-state index in [1.165, 1.54) is 18.2 Å². The highest BCUT2D eigenvalue weighted by Gasteiger charge is 2.32. The van der Waals surface area contributed by atoms with Gasteiger partial charge in [-0.25, -0.2) is 0 Å². The minimum atomic E-state index is -0.543. The van der Waals surface area contributed by atoms with Gasteiger partial charge in [-0.1, -0.05) is 41.4 Å². The Balaban J connectivity index is 1.57. The summed E-state index contributed by atoms with van der Waals surface area (Å²) in [7, 11) is 0. The largest absolute Gasteiger partial charge is 0.325 e. The quantitative estimate of drug-likeness (QED) is 0.725. The predicted molar refractivity (Wildman–Crippen MR) is 107 cm³/mol. The molecule has 0 bridgehead atoms. The van der Waals surface area contributed by atoms with Gasteiger partial charge < -0.3 is 10.6 Å². The van der Waals surface area contributed by atoms with Gasteiger partial charge in [-0.2, -0.15) is 5.10 Å². The highest BCUT2D eigenvalue weighted by molar-refractivity contribution is 8.15. The maximum Gasteiger partial charge on any atom is 0.240 e. The van der Waals surface area contributed by atoms with E-state index in [2.05, 4.69) is 20.8 Å². The first kappa shape index (κ1) is 19.2. The standard InChI is InChI=1S/C17H18Cl2N4O2S/c18-10-6-7-12(19)13(8-10)20-15(24)9-14-16(25)21-17(26-14)23-22-11-4-2-1-3-5-11/h6-8,14H,1-5,9H2,(H,20,24)(H,21,23,25)/t14-/m0/s1. The normalized spacial score (nSPS) is 21.6. The third-order valence-corrected chi connectivity index (χ3v) is 5.70. The van der Waals surface area contributed by atoms with Crippen LogP contribution in [-0.2, 0) is 9.59 Å². The summed E-state index contributed by atoms with van der Waals surface area (Å²) in [5.41, 5.74) is 1.49. The van der Waals surface area contributed by atoms with Crippen LogP contribution in [0.2, 0.25) is 10.0 Å². The number of anilines is 1. The summed E-state index contributed by atoms with van der Waals surface area (Å²) in [5, 5.41) is 14.5. The van der Waals surface area contributed by atoms with E-state index in [4.69, 9.17) is 23.2 Å². The maximum absolute atomic E-state index is 12.2. The van der Waals surface area contributed by atoms with E-state index in [9.17, 15) is 9.59 Å². The maximum atomic E-state index is 12.2. The van der Waals surface area contributed by atoms with Gasteiger partial charge in [0, 0.05) is 17.2 Å². The van der Waals surface area contributed by atoms with Crippen LogP contribution in [0, 0.1) is 0 Å². The molecule has 6 nitrogen and oxygen atoms in total. The van der Waals surface area contributed by atoms with Crippen molar-refractivity contribution < 1.29 is 9.59 Å². The number of hydrogen-bond donors (Lipinski definition) is 2. The van der Waals surface area contributed by atoms with Gasteiger partial charge in [-0.05, 0) is 43.9 Å². The van der Waals surface area contributed by atoms with E-state index in [-0.39, 0.29) is 18.2 Å². The first-order chi connectivity index (χ1) is 12.5. The van der Waals surface area contributed by atoms with Crippen LogP contribution in [0.5, 0.6) is 0 Å². The lowest BCUT2D eigenvalue weighted by atomic mass is 9.99. The average Bonchev–Trinajstić information content (AvgIpc) is 2.97. The number of benzene rings is 1. The molecule has 2 aliphatic rings. The van der Waals surface area contributed by atoms with E-state index in [0.29, 0.717) is 20.9 Å². The minimum absolute atomic E-state index is 0.00886. The number of carbonyl (C=O) groups is 2. The Labute approximate surface area is 165 Å². The lowest BCUT2D eigenvalue weighted by molar-refractivity contribution is -0.122. The lowest BCUT2D eigenvalue weighted by Crippen LogP contribution is -2.28. The molecule has 2 fully saturated rings. The molecule has 138 valence electrons. The van der Waals surface area contributed by atoms with Crippen molar-refractivity contribution in [2.75, 3.05) is 5.32 Å². The number of halogens is 2. The molecule has 1 aromatic rings. The fourth-order valence-electron chi connectivity index (χ4n) is 2.73. The molecule has 1 atom stereocenters. The van der Waals surface area contributed by atoms with Crippen molar-refractivity contribution >= 4 is 63.3 Å². The van der Waals surface area contributed by atoms with E-state index in [1.807, 2.05) is 0 Å². The highest BCUT2D eigenvalue weighted by Crippen LogP contribution is 2.27. The second-order valence-electron chi connectivity index (χ2n) is 6.10. The topological polar surface area (TPSA) is 82.9 Å². The molecule has 0 unspecified atom stereocenters. The summed E-state index contributed by atoms with van der Waals surface area (Å²) in [6, 6.07) is 4.80. The zero-order valence-corrected chi connectivity index (χ0v) is 16.3. The third kappa shape index (κ3) is 5.22. The second kappa shape index (κ2) is 8.88. The van der Waals surface area contributed by atoms with Gasteiger partial charge in [-0.15, -0.1) is 5.10 Å². The van der Waals surface area contributed by atoms with Crippen LogP contribution >= 0.6 is 35.0 Å². The van der Waals surface area contributed by atoms with Crippen LogP contribution in [0.15, 0.2) is 28.4 Å². The summed E-state index contributed by atoms with van der Waals surface area (Å²) in [6.07, 6.45) is 5.43. The first-order valence-electron chi connectivity index (χ1n) is 8.37. The van der Waals surface area contributed by atoms with Crippen molar-refractivity contribution in [3.05, 3.63) is 28.2 Å². The van der Waals surface area contributed by atoms with Crippen LogP contribution in [0.1, 0.15) is 38.5 Å². The van der Waals surface area contributed by atoms with E-state index in [1.54, 1.807) is 18.2 Å². The Morgan fingerprint density at radius 3 is 2.77 bits per heavy atom. The number of thioether (sulfide) groups is 1. The van der Waals surface area contributed by atoms with Gasteiger partial charge in [-0.3, -0.25) is 9.59 Å². The van der Waals surface area contributed by atoms with Crippen LogP contribution in [0.25, 0.3) is 0 Å². The molecule has 26 heavy (non-hydrogen) atoms. The number of amidine groups is 1. The molecule has 1 saturated heterocycles. The Morgan fingerprint density at radius 1 is 1.23 bits per heavy atom. The van der Waals surface area contributed by atoms with Crippen molar-refractivity contribution in [3.8, 4) is 0 Å². The van der Waals surface area contributed by atoms with Gasteiger partial charge in [0.2, 0.25) is 11.8 Å². The highest BCUT2D eigenvalue weighted by atomic mass is 35.5. The van der Waals surface area contributed by atoms with Crippen molar-refractivity contribution in [1.82, 2.24) is 5.32 Å².